The van der Waals surface area contributed by atoms with E-state index in [1.165, 1.54) is 0 Å². The van der Waals surface area contributed by atoms with Crippen molar-refractivity contribution in [3.63, 3.8) is 0 Å². The Kier molecular flexibility index (Phi) is 6.85. The van der Waals surface area contributed by atoms with Crippen LogP contribution in [0.4, 0.5) is 13.2 Å². The zero-order valence-corrected chi connectivity index (χ0v) is 14.4. The molecule has 0 saturated carbocycles. The molecular weight excluding hydrogens is 369 g/mol. The molecule has 1 aromatic heterocycles. The summed E-state index contributed by atoms with van der Waals surface area (Å²) in [4.78, 5) is 11.8. The van der Waals surface area contributed by atoms with Crippen molar-refractivity contribution in [2.24, 2.45) is 5.92 Å². The predicted molar refractivity (Wildman–Crippen MR) is 79.9 cm³/mol. The maximum Gasteiger partial charge on any atom is 0.534 e. The van der Waals surface area contributed by atoms with Crippen LogP contribution in [0.15, 0.2) is 12.5 Å². The van der Waals surface area contributed by atoms with Gasteiger partial charge in [-0.15, -0.1) is 0 Å². The predicted octanol–water partition coefficient (Wildman–Crippen LogP) is 2.39. The molecule has 0 atom stereocenters. The van der Waals surface area contributed by atoms with Crippen molar-refractivity contribution in [2.45, 2.75) is 26.3 Å². The minimum Gasteiger partial charge on any atom is -0.477 e. The van der Waals surface area contributed by atoms with Gasteiger partial charge >= 0.3 is 21.6 Å². The molecular formula is C13H17F3N2O6S. The molecule has 1 heterocycles. The van der Waals surface area contributed by atoms with E-state index in [0.717, 1.165) is 17.1 Å². The number of carbonyl (C=O) groups excluding carboxylic acids is 1. The summed E-state index contributed by atoms with van der Waals surface area (Å²) in [7, 11) is -5.78. The third-order valence-corrected chi connectivity index (χ3v) is 3.40. The molecule has 0 aromatic carbocycles. The van der Waals surface area contributed by atoms with Crippen LogP contribution in [0.1, 0.15) is 31.1 Å². The van der Waals surface area contributed by atoms with Crippen LogP contribution in [0, 0.1) is 5.92 Å². The van der Waals surface area contributed by atoms with Crippen LogP contribution < -0.4 is 4.74 Å². The molecule has 8 nitrogen and oxygen atoms in total. The van der Waals surface area contributed by atoms with Crippen molar-refractivity contribution < 1.29 is 40.0 Å². The fourth-order valence-corrected chi connectivity index (χ4v) is 1.71. The number of nitrogens with zero attached hydrogens (tertiary/aromatic N) is 2. The van der Waals surface area contributed by atoms with E-state index in [2.05, 4.69) is 9.28 Å². The molecule has 142 valence electrons. The normalized spacial score (nSPS) is 12.6. The molecule has 0 N–H and O–H groups in total. The smallest absolute Gasteiger partial charge is 0.477 e. The van der Waals surface area contributed by atoms with Gasteiger partial charge in [0.15, 0.2) is 0 Å². The molecule has 0 aliphatic carbocycles. The van der Waals surface area contributed by atoms with Crippen LogP contribution in [0.2, 0.25) is 0 Å². The van der Waals surface area contributed by atoms with Gasteiger partial charge in [-0.25, -0.2) is 9.48 Å². The molecule has 25 heavy (non-hydrogen) atoms. The second-order valence-corrected chi connectivity index (χ2v) is 6.58. The minimum atomic E-state index is -5.78. The number of halogens is 3. The maximum atomic E-state index is 12.2. The van der Waals surface area contributed by atoms with E-state index in [9.17, 15) is 26.4 Å². The van der Waals surface area contributed by atoms with E-state index in [1.807, 2.05) is 13.8 Å². The third kappa shape index (κ3) is 5.66. The Morgan fingerprint density at radius 2 is 2.04 bits per heavy atom. The van der Waals surface area contributed by atoms with Crippen molar-refractivity contribution in [1.82, 2.24) is 9.78 Å². The van der Waals surface area contributed by atoms with Crippen molar-refractivity contribution in [2.75, 3.05) is 13.2 Å². The van der Waals surface area contributed by atoms with Gasteiger partial charge in [0, 0.05) is 0 Å². The summed E-state index contributed by atoms with van der Waals surface area (Å²) < 4.78 is 73.0. The lowest BCUT2D eigenvalue weighted by molar-refractivity contribution is -0.0514. The van der Waals surface area contributed by atoms with Gasteiger partial charge in [-0.1, -0.05) is 13.8 Å². The highest BCUT2D eigenvalue weighted by molar-refractivity contribution is 7.87. The van der Waals surface area contributed by atoms with Crippen LogP contribution in [0.25, 0.3) is 6.20 Å². The number of ether oxygens (including phenoxy) is 2. The third-order valence-electron chi connectivity index (χ3n) is 2.47. The van der Waals surface area contributed by atoms with Gasteiger partial charge in [-0.05, 0) is 12.8 Å². The Balaban J connectivity index is 3.06. The van der Waals surface area contributed by atoms with E-state index >= 15 is 0 Å². The lowest BCUT2D eigenvalue weighted by Crippen LogP contribution is -2.23. The van der Waals surface area contributed by atoms with Gasteiger partial charge in [0.25, 0.3) is 0 Å². The first-order valence-corrected chi connectivity index (χ1v) is 8.44. The van der Waals surface area contributed by atoms with E-state index in [0.29, 0.717) is 0 Å². The molecule has 0 spiro atoms. The van der Waals surface area contributed by atoms with Crippen LogP contribution in [0.5, 0.6) is 5.88 Å². The lowest BCUT2D eigenvalue weighted by atomic mass is 10.2. The molecule has 0 saturated heterocycles. The highest BCUT2D eigenvalue weighted by Crippen LogP contribution is 2.25. The molecule has 0 unspecified atom stereocenters. The van der Waals surface area contributed by atoms with Gasteiger partial charge in [-0.3, -0.25) is 0 Å². The monoisotopic (exact) mass is 386 g/mol. The molecule has 0 amide bonds. The molecule has 0 aliphatic heterocycles. The molecule has 12 heteroatoms. The van der Waals surface area contributed by atoms with Crippen LogP contribution in [-0.2, 0) is 19.0 Å². The van der Waals surface area contributed by atoms with E-state index in [-0.39, 0.29) is 36.8 Å². The summed E-state index contributed by atoms with van der Waals surface area (Å²) in [5, 5.41) is 3.73. The SMILES string of the molecule is CCOC(=O)c1cnn(C=COS(=O)(=O)C(F)(F)F)c1OCC(C)C. The number of carbonyl (C=O) groups is 1. The van der Waals surface area contributed by atoms with Gasteiger partial charge < -0.3 is 13.7 Å². The molecule has 0 fully saturated rings. The van der Waals surface area contributed by atoms with Crippen LogP contribution in [0.3, 0.4) is 0 Å². The topological polar surface area (TPSA) is 96.7 Å². The van der Waals surface area contributed by atoms with Crippen molar-refractivity contribution in [1.29, 1.82) is 0 Å². The first kappa shape index (κ1) is 20.8. The van der Waals surface area contributed by atoms with Crippen LogP contribution in [-0.4, -0.2) is 42.9 Å². The molecule has 0 aliphatic rings. The number of hydrogen-bond donors (Lipinski definition) is 0. The molecule has 1 rings (SSSR count). The lowest BCUT2D eigenvalue weighted by Gasteiger charge is -2.11. The Morgan fingerprint density at radius 3 is 2.56 bits per heavy atom. The van der Waals surface area contributed by atoms with Crippen molar-refractivity contribution in [3.8, 4) is 5.88 Å². The second-order valence-electron chi connectivity index (χ2n) is 5.01. The quantitative estimate of drug-likeness (QED) is 0.293. The zero-order valence-electron chi connectivity index (χ0n) is 13.6. The van der Waals surface area contributed by atoms with Gasteiger partial charge in [-0.2, -0.15) is 26.7 Å². The highest BCUT2D eigenvalue weighted by atomic mass is 32.2. The fraction of sp³-hybridized carbons (Fsp3) is 0.538. The Morgan fingerprint density at radius 1 is 1.40 bits per heavy atom. The van der Waals surface area contributed by atoms with Gasteiger partial charge in [0.1, 0.15) is 11.8 Å². The maximum absolute atomic E-state index is 12.2. The standard InChI is InChI=1S/C13H17F3N2O6S/c1-4-22-12(19)10-7-17-18(11(10)23-8-9(2)3)5-6-24-25(20,21)13(14,15)16/h5-7,9H,4,8H2,1-3H3. The van der Waals surface area contributed by atoms with E-state index < -0.39 is 21.6 Å². The summed E-state index contributed by atoms with van der Waals surface area (Å²) in [6.07, 6.45) is 2.12. The summed E-state index contributed by atoms with van der Waals surface area (Å²) in [5.74, 6) is -0.787. The van der Waals surface area contributed by atoms with E-state index in [4.69, 9.17) is 9.47 Å². The average molecular weight is 386 g/mol. The largest absolute Gasteiger partial charge is 0.534 e. The molecule has 0 bridgehead atoms. The number of hydrogen-bond acceptors (Lipinski definition) is 7. The Labute approximate surface area is 142 Å². The van der Waals surface area contributed by atoms with Crippen LogP contribution >= 0.6 is 0 Å². The summed E-state index contributed by atoms with van der Waals surface area (Å²) >= 11 is 0. The summed E-state index contributed by atoms with van der Waals surface area (Å²) in [6, 6.07) is 0. The van der Waals surface area contributed by atoms with Crippen molar-refractivity contribution >= 4 is 22.3 Å². The Hall–Kier alpha value is -2.24. The average Bonchev–Trinajstić information content (AvgIpc) is 2.87. The second kappa shape index (κ2) is 8.23. The van der Waals surface area contributed by atoms with E-state index in [1.54, 1.807) is 6.92 Å². The first-order chi connectivity index (χ1) is 11.5. The summed E-state index contributed by atoms with van der Waals surface area (Å²) in [5.41, 5.74) is -5.63. The summed E-state index contributed by atoms with van der Waals surface area (Å²) in [6.45, 7) is 5.52. The van der Waals surface area contributed by atoms with Crippen molar-refractivity contribution in [3.05, 3.63) is 18.0 Å². The number of esters is 1. The minimum absolute atomic E-state index is 0.0640. The fourth-order valence-electron chi connectivity index (χ4n) is 1.41. The highest BCUT2D eigenvalue weighted by Gasteiger charge is 2.47. The van der Waals surface area contributed by atoms with Gasteiger partial charge in [0.2, 0.25) is 5.88 Å². The zero-order chi connectivity index (χ0) is 19.3. The first-order valence-electron chi connectivity index (χ1n) is 7.03. The Bertz CT molecular complexity index is 725. The van der Waals surface area contributed by atoms with Gasteiger partial charge in [0.05, 0.1) is 25.6 Å². The molecule has 1 aromatic rings. The number of aromatic nitrogens is 2. The molecule has 0 radical (unpaired) electrons. The number of rotatable bonds is 8. The number of alkyl halides is 3.